The second-order valence-corrected chi connectivity index (χ2v) is 9.69. The van der Waals surface area contributed by atoms with Crippen molar-refractivity contribution >= 4 is 40.9 Å². The van der Waals surface area contributed by atoms with Crippen LogP contribution in [-0.2, 0) is 11.8 Å². The zero-order valence-electron chi connectivity index (χ0n) is 19.3. The molecule has 1 aromatic heterocycles. The topological polar surface area (TPSA) is 88.9 Å². The fourth-order valence-corrected chi connectivity index (χ4v) is 4.30. The molecule has 0 bridgehead atoms. The lowest BCUT2D eigenvalue weighted by molar-refractivity contribution is -0.113. The first-order chi connectivity index (χ1) is 15.6. The van der Waals surface area contributed by atoms with Gasteiger partial charge in [-0.1, -0.05) is 43.3 Å². The average Bonchev–Trinajstić information content (AvgIpc) is 3.10. The van der Waals surface area contributed by atoms with Gasteiger partial charge in [0.05, 0.1) is 11.8 Å². The average molecular weight is 486 g/mol. The number of aryl methyl sites for hydroxylation is 2. The number of benzene rings is 2. The van der Waals surface area contributed by atoms with Crippen molar-refractivity contribution in [2.45, 2.75) is 38.9 Å². The molecule has 0 radical (unpaired) electrons. The van der Waals surface area contributed by atoms with Crippen LogP contribution >= 0.6 is 23.4 Å². The van der Waals surface area contributed by atoms with Crippen LogP contribution < -0.4 is 10.6 Å². The maximum atomic E-state index is 12.7. The number of amides is 2. The lowest BCUT2D eigenvalue weighted by atomic mass is 10.0. The molecular formula is C24H28ClN5O2S. The SMILES string of the molecule is Cc1cc(C)cc(NC(=O)CSc2nnc([C@H](NC(=O)c3ccc(Cl)cc3)C(C)C)n2C)c1. The Balaban J connectivity index is 1.66. The Bertz CT molecular complexity index is 1120. The second-order valence-electron chi connectivity index (χ2n) is 8.32. The van der Waals surface area contributed by atoms with Crippen LogP contribution in [0.3, 0.4) is 0 Å². The highest BCUT2D eigenvalue weighted by Crippen LogP contribution is 2.25. The molecule has 0 spiro atoms. The van der Waals surface area contributed by atoms with Gasteiger partial charge in [0.25, 0.3) is 5.91 Å². The summed E-state index contributed by atoms with van der Waals surface area (Å²) in [6, 6.07) is 12.3. The largest absolute Gasteiger partial charge is 0.342 e. The molecule has 33 heavy (non-hydrogen) atoms. The lowest BCUT2D eigenvalue weighted by Gasteiger charge is -2.21. The first kappa shape index (κ1) is 24.8. The summed E-state index contributed by atoms with van der Waals surface area (Å²) in [5.74, 6) is 0.573. The number of anilines is 1. The van der Waals surface area contributed by atoms with Gasteiger partial charge in [0.2, 0.25) is 5.91 Å². The minimum absolute atomic E-state index is 0.0786. The van der Waals surface area contributed by atoms with E-state index >= 15 is 0 Å². The van der Waals surface area contributed by atoms with Gasteiger partial charge in [-0.3, -0.25) is 9.59 Å². The quantitative estimate of drug-likeness (QED) is 0.441. The minimum Gasteiger partial charge on any atom is -0.342 e. The number of carbonyl (C=O) groups is 2. The van der Waals surface area contributed by atoms with Crippen molar-refractivity contribution in [1.82, 2.24) is 20.1 Å². The summed E-state index contributed by atoms with van der Waals surface area (Å²) in [4.78, 5) is 25.2. The first-order valence-electron chi connectivity index (χ1n) is 10.6. The van der Waals surface area contributed by atoms with Crippen LogP contribution in [0.2, 0.25) is 5.02 Å². The Kier molecular flexibility index (Phi) is 8.15. The van der Waals surface area contributed by atoms with E-state index in [4.69, 9.17) is 11.6 Å². The van der Waals surface area contributed by atoms with Crippen molar-refractivity contribution in [3.05, 3.63) is 70.0 Å². The van der Waals surface area contributed by atoms with Crippen LogP contribution in [0.15, 0.2) is 47.6 Å². The summed E-state index contributed by atoms with van der Waals surface area (Å²) in [6.07, 6.45) is 0. The smallest absolute Gasteiger partial charge is 0.251 e. The summed E-state index contributed by atoms with van der Waals surface area (Å²) < 4.78 is 1.82. The highest BCUT2D eigenvalue weighted by atomic mass is 35.5. The van der Waals surface area contributed by atoms with E-state index in [1.54, 1.807) is 24.3 Å². The number of carbonyl (C=O) groups excluding carboxylic acids is 2. The molecule has 0 aliphatic rings. The van der Waals surface area contributed by atoms with Crippen LogP contribution in [-0.4, -0.2) is 32.3 Å². The van der Waals surface area contributed by atoms with Gasteiger partial charge in [-0.2, -0.15) is 0 Å². The summed E-state index contributed by atoms with van der Waals surface area (Å²) in [7, 11) is 1.84. The number of hydrogen-bond donors (Lipinski definition) is 2. The zero-order chi connectivity index (χ0) is 24.1. The third-order valence-electron chi connectivity index (χ3n) is 5.04. The van der Waals surface area contributed by atoms with Crippen LogP contribution in [0.25, 0.3) is 0 Å². The number of nitrogens with zero attached hydrogens (tertiary/aromatic N) is 3. The van der Waals surface area contributed by atoms with Crippen molar-refractivity contribution < 1.29 is 9.59 Å². The molecule has 0 saturated carbocycles. The normalized spacial score (nSPS) is 12.0. The molecule has 1 heterocycles. The Morgan fingerprint density at radius 1 is 1.06 bits per heavy atom. The summed E-state index contributed by atoms with van der Waals surface area (Å²) in [6.45, 7) is 8.00. The van der Waals surface area contributed by atoms with Crippen LogP contribution in [0.4, 0.5) is 5.69 Å². The van der Waals surface area contributed by atoms with Gasteiger partial charge in [-0.05, 0) is 67.3 Å². The van der Waals surface area contributed by atoms with Crippen molar-refractivity contribution in [3.63, 3.8) is 0 Å². The number of halogens is 1. The Morgan fingerprint density at radius 3 is 2.30 bits per heavy atom. The second kappa shape index (κ2) is 10.9. The van der Waals surface area contributed by atoms with E-state index in [1.807, 2.05) is 51.4 Å². The van der Waals surface area contributed by atoms with Gasteiger partial charge in [-0.25, -0.2) is 0 Å². The highest BCUT2D eigenvalue weighted by Gasteiger charge is 2.25. The van der Waals surface area contributed by atoms with Gasteiger partial charge in [0.1, 0.15) is 0 Å². The van der Waals surface area contributed by atoms with Crippen LogP contribution in [0.1, 0.15) is 47.2 Å². The van der Waals surface area contributed by atoms with E-state index in [0.29, 0.717) is 21.6 Å². The molecule has 2 aromatic carbocycles. The number of aromatic nitrogens is 3. The van der Waals surface area contributed by atoms with Gasteiger partial charge >= 0.3 is 0 Å². The molecule has 2 N–H and O–H groups in total. The lowest BCUT2D eigenvalue weighted by Crippen LogP contribution is -2.33. The Labute approximate surface area is 203 Å². The molecular weight excluding hydrogens is 458 g/mol. The van der Waals surface area contributed by atoms with Crippen LogP contribution in [0, 0.1) is 19.8 Å². The predicted molar refractivity (Wildman–Crippen MR) is 133 cm³/mol. The van der Waals surface area contributed by atoms with Gasteiger partial charge in [-0.15, -0.1) is 10.2 Å². The molecule has 2 amide bonds. The first-order valence-corrected chi connectivity index (χ1v) is 12.0. The molecule has 3 aromatic rings. The number of hydrogen-bond acceptors (Lipinski definition) is 5. The maximum absolute atomic E-state index is 12.7. The molecule has 0 saturated heterocycles. The number of nitrogens with one attached hydrogen (secondary N) is 2. The van der Waals surface area contributed by atoms with Crippen LogP contribution in [0.5, 0.6) is 0 Å². The fourth-order valence-electron chi connectivity index (χ4n) is 3.45. The molecule has 174 valence electrons. The third-order valence-corrected chi connectivity index (χ3v) is 6.32. The molecule has 0 unspecified atom stereocenters. The third kappa shape index (κ3) is 6.58. The highest BCUT2D eigenvalue weighted by molar-refractivity contribution is 7.99. The van der Waals surface area contributed by atoms with Crippen molar-refractivity contribution in [1.29, 1.82) is 0 Å². The van der Waals surface area contributed by atoms with Crippen molar-refractivity contribution in [2.24, 2.45) is 13.0 Å². The zero-order valence-corrected chi connectivity index (χ0v) is 20.9. The van der Waals surface area contributed by atoms with Crippen molar-refractivity contribution in [2.75, 3.05) is 11.1 Å². The van der Waals surface area contributed by atoms with E-state index in [-0.39, 0.29) is 29.5 Å². The molecule has 9 heteroatoms. The standard InChI is InChI=1S/C24H28ClN5O2S/c1-14(2)21(27-23(32)17-6-8-18(25)9-7-17)22-28-29-24(30(22)5)33-13-20(31)26-19-11-15(3)10-16(4)12-19/h6-12,14,21H,13H2,1-5H3,(H,26,31)(H,27,32)/t21-/m1/s1. The molecule has 0 aliphatic carbocycles. The fraction of sp³-hybridized carbons (Fsp3) is 0.333. The summed E-state index contributed by atoms with van der Waals surface area (Å²) >= 11 is 7.22. The van der Waals surface area contributed by atoms with E-state index in [0.717, 1.165) is 16.8 Å². The predicted octanol–water partition coefficient (Wildman–Crippen LogP) is 4.94. The molecule has 7 nitrogen and oxygen atoms in total. The van der Waals surface area contributed by atoms with E-state index in [1.165, 1.54) is 11.8 Å². The maximum Gasteiger partial charge on any atom is 0.251 e. The number of thioether (sulfide) groups is 1. The molecule has 3 rings (SSSR count). The summed E-state index contributed by atoms with van der Waals surface area (Å²) in [5.41, 5.74) is 3.49. The molecule has 0 aliphatic heterocycles. The minimum atomic E-state index is -0.343. The Hall–Kier alpha value is -2.84. The van der Waals surface area contributed by atoms with E-state index in [2.05, 4.69) is 26.9 Å². The molecule has 1 atom stereocenters. The summed E-state index contributed by atoms with van der Waals surface area (Å²) in [5, 5.41) is 15.7. The van der Waals surface area contributed by atoms with Gasteiger partial charge in [0.15, 0.2) is 11.0 Å². The van der Waals surface area contributed by atoms with Crippen molar-refractivity contribution in [3.8, 4) is 0 Å². The van der Waals surface area contributed by atoms with E-state index in [9.17, 15) is 9.59 Å². The van der Waals surface area contributed by atoms with Gasteiger partial charge < -0.3 is 15.2 Å². The number of rotatable bonds is 8. The Morgan fingerprint density at radius 2 is 1.70 bits per heavy atom. The van der Waals surface area contributed by atoms with E-state index < -0.39 is 0 Å². The molecule has 0 fully saturated rings. The monoisotopic (exact) mass is 485 g/mol. The van der Waals surface area contributed by atoms with Gasteiger partial charge in [0, 0.05) is 23.3 Å².